The van der Waals surface area contributed by atoms with Crippen molar-refractivity contribution in [3.63, 3.8) is 0 Å². The van der Waals surface area contributed by atoms with Crippen LogP contribution in [0.4, 0.5) is 0 Å². The minimum absolute atomic E-state index is 0.455. The molecule has 3 rings (SSSR count). The Morgan fingerprint density at radius 2 is 1.41 bits per heavy atom. The summed E-state index contributed by atoms with van der Waals surface area (Å²) in [5, 5.41) is 0. The van der Waals surface area contributed by atoms with Crippen LogP contribution in [-0.4, -0.2) is 29.6 Å². The molecule has 146 valence electrons. The van der Waals surface area contributed by atoms with Gasteiger partial charge in [0, 0.05) is 26.9 Å². The second-order valence-corrected chi connectivity index (χ2v) is 11.9. The maximum Gasteiger partial charge on any atom is 0.255 e. The summed E-state index contributed by atoms with van der Waals surface area (Å²) in [6.45, 7) is 6.77. The first-order valence-corrected chi connectivity index (χ1v) is 12.4. The van der Waals surface area contributed by atoms with Gasteiger partial charge in [-0.25, -0.2) is 0 Å². The predicted octanol–water partition coefficient (Wildman–Crippen LogP) is 4.38. The Labute approximate surface area is 162 Å². The SMILES string of the molecule is COC1(OC)c2cccc(OCc3ccccc3)c2C1(OC)O[Si](C)(C)C. The van der Waals surface area contributed by atoms with Crippen LogP contribution >= 0.6 is 0 Å². The number of rotatable bonds is 8. The van der Waals surface area contributed by atoms with E-state index in [2.05, 4.69) is 19.6 Å². The number of fused-ring (bicyclic) bond motifs is 1. The van der Waals surface area contributed by atoms with E-state index in [1.54, 1.807) is 21.3 Å². The highest BCUT2D eigenvalue weighted by Crippen LogP contribution is 2.62. The standard InChI is InChI=1S/C21H28O5Si/c1-22-20(23-2)17-13-10-14-18(25-15-16-11-8-7-9-12-16)19(17)21(20,24-3)26-27(4,5)6/h7-14H,15H2,1-6H3. The number of hydrogen-bond acceptors (Lipinski definition) is 5. The summed E-state index contributed by atoms with van der Waals surface area (Å²) in [5.41, 5.74) is 2.78. The average molecular weight is 389 g/mol. The lowest BCUT2D eigenvalue weighted by molar-refractivity contribution is -0.415. The number of ether oxygens (including phenoxy) is 4. The third-order valence-electron chi connectivity index (χ3n) is 4.69. The van der Waals surface area contributed by atoms with Crippen molar-refractivity contribution in [2.75, 3.05) is 21.3 Å². The van der Waals surface area contributed by atoms with Crippen LogP contribution < -0.4 is 4.74 Å². The van der Waals surface area contributed by atoms with E-state index in [0.29, 0.717) is 12.4 Å². The van der Waals surface area contributed by atoms with Crippen LogP contribution in [0.15, 0.2) is 48.5 Å². The van der Waals surface area contributed by atoms with Gasteiger partial charge >= 0.3 is 0 Å². The molecule has 1 unspecified atom stereocenters. The highest BCUT2D eigenvalue weighted by atomic mass is 28.4. The van der Waals surface area contributed by atoms with Gasteiger partial charge in [0.2, 0.25) is 0 Å². The van der Waals surface area contributed by atoms with Gasteiger partial charge in [-0.3, -0.25) is 0 Å². The molecule has 2 aromatic carbocycles. The van der Waals surface area contributed by atoms with Crippen molar-refractivity contribution in [3.05, 3.63) is 65.2 Å². The number of hydrogen-bond donors (Lipinski definition) is 0. The summed E-state index contributed by atoms with van der Waals surface area (Å²) >= 11 is 0. The molecule has 1 aliphatic rings. The quantitative estimate of drug-likeness (QED) is 0.496. The summed E-state index contributed by atoms with van der Waals surface area (Å²) in [4.78, 5) is 0. The third-order valence-corrected chi connectivity index (χ3v) is 5.59. The first-order valence-electron chi connectivity index (χ1n) is 9.00. The Kier molecular flexibility index (Phi) is 5.47. The highest BCUT2D eigenvalue weighted by molar-refractivity contribution is 6.69. The molecule has 0 radical (unpaired) electrons. The molecular weight excluding hydrogens is 360 g/mol. The second-order valence-electron chi connectivity index (χ2n) is 7.51. The number of benzene rings is 2. The summed E-state index contributed by atoms with van der Waals surface area (Å²) < 4.78 is 30.2. The zero-order chi connectivity index (χ0) is 19.7. The zero-order valence-corrected chi connectivity index (χ0v) is 17.9. The van der Waals surface area contributed by atoms with Gasteiger partial charge in [-0.05, 0) is 31.3 Å². The van der Waals surface area contributed by atoms with Crippen LogP contribution in [0.5, 0.6) is 5.75 Å². The molecule has 1 aliphatic carbocycles. The van der Waals surface area contributed by atoms with Crippen molar-refractivity contribution in [1.82, 2.24) is 0 Å². The van der Waals surface area contributed by atoms with Crippen molar-refractivity contribution in [2.45, 2.75) is 37.8 Å². The van der Waals surface area contributed by atoms with E-state index < -0.39 is 19.9 Å². The van der Waals surface area contributed by atoms with Crippen LogP contribution in [0.2, 0.25) is 19.6 Å². The van der Waals surface area contributed by atoms with Crippen molar-refractivity contribution in [2.24, 2.45) is 0 Å². The predicted molar refractivity (Wildman–Crippen MR) is 106 cm³/mol. The summed E-state index contributed by atoms with van der Waals surface area (Å²) in [6.07, 6.45) is 0. The molecule has 0 saturated heterocycles. The van der Waals surface area contributed by atoms with Crippen LogP contribution in [0, 0.1) is 0 Å². The average Bonchev–Trinajstić information content (AvgIpc) is 2.65. The van der Waals surface area contributed by atoms with Crippen molar-refractivity contribution < 1.29 is 23.4 Å². The fraction of sp³-hybridized carbons (Fsp3) is 0.429. The molecule has 0 amide bonds. The summed E-state index contributed by atoms with van der Waals surface area (Å²) in [6, 6.07) is 15.9. The zero-order valence-electron chi connectivity index (χ0n) is 16.9. The molecule has 0 bridgehead atoms. The molecule has 0 aliphatic heterocycles. The molecule has 6 heteroatoms. The fourth-order valence-corrected chi connectivity index (χ4v) is 4.86. The van der Waals surface area contributed by atoms with E-state index in [9.17, 15) is 0 Å². The fourth-order valence-electron chi connectivity index (χ4n) is 3.68. The van der Waals surface area contributed by atoms with Gasteiger partial charge in [0.25, 0.3) is 11.6 Å². The normalized spacial score (nSPS) is 20.7. The minimum atomic E-state index is -2.02. The van der Waals surface area contributed by atoms with Gasteiger partial charge in [0.05, 0.1) is 5.56 Å². The first-order chi connectivity index (χ1) is 12.8. The minimum Gasteiger partial charge on any atom is -0.488 e. The molecule has 0 aromatic heterocycles. The Balaban J connectivity index is 2.05. The molecule has 0 N–H and O–H groups in total. The first kappa shape index (κ1) is 20.0. The second kappa shape index (κ2) is 7.37. The Morgan fingerprint density at radius 3 is 1.96 bits per heavy atom. The van der Waals surface area contributed by atoms with E-state index in [4.69, 9.17) is 23.4 Å². The highest BCUT2D eigenvalue weighted by Gasteiger charge is 2.70. The largest absolute Gasteiger partial charge is 0.488 e. The molecule has 5 nitrogen and oxygen atoms in total. The lowest BCUT2D eigenvalue weighted by atomic mass is 9.74. The number of methoxy groups -OCH3 is 3. The molecule has 0 heterocycles. The summed E-state index contributed by atoms with van der Waals surface area (Å²) in [5.74, 6) is -1.60. The van der Waals surface area contributed by atoms with E-state index in [0.717, 1.165) is 16.7 Å². The van der Waals surface area contributed by atoms with Crippen LogP contribution in [0.3, 0.4) is 0 Å². The lowest BCUT2D eigenvalue weighted by Crippen LogP contribution is -2.65. The van der Waals surface area contributed by atoms with Gasteiger partial charge < -0.3 is 23.4 Å². The smallest absolute Gasteiger partial charge is 0.255 e. The van der Waals surface area contributed by atoms with Gasteiger partial charge in [-0.15, -0.1) is 0 Å². The van der Waals surface area contributed by atoms with Gasteiger partial charge in [0.15, 0.2) is 8.32 Å². The van der Waals surface area contributed by atoms with Crippen LogP contribution in [0.1, 0.15) is 16.7 Å². The molecule has 0 saturated carbocycles. The van der Waals surface area contributed by atoms with E-state index >= 15 is 0 Å². The Hall–Kier alpha value is -1.70. The van der Waals surface area contributed by atoms with Gasteiger partial charge in [0.1, 0.15) is 12.4 Å². The molecule has 2 aromatic rings. The van der Waals surface area contributed by atoms with E-state index in [1.807, 2.05) is 48.5 Å². The lowest BCUT2D eigenvalue weighted by Gasteiger charge is -2.57. The molecule has 0 spiro atoms. The Bertz CT molecular complexity index is 783. The van der Waals surface area contributed by atoms with Crippen LogP contribution in [-0.2, 0) is 36.8 Å². The molecular formula is C21H28O5Si. The van der Waals surface area contributed by atoms with Crippen molar-refractivity contribution in [3.8, 4) is 5.75 Å². The molecule has 0 fully saturated rings. The third kappa shape index (κ3) is 3.21. The topological polar surface area (TPSA) is 46.2 Å². The molecule has 1 atom stereocenters. The van der Waals surface area contributed by atoms with E-state index in [1.165, 1.54) is 0 Å². The maximum atomic E-state index is 6.51. The van der Waals surface area contributed by atoms with Crippen LogP contribution in [0.25, 0.3) is 0 Å². The molecule has 27 heavy (non-hydrogen) atoms. The summed E-state index contributed by atoms with van der Waals surface area (Å²) in [7, 11) is 2.80. The van der Waals surface area contributed by atoms with Crippen molar-refractivity contribution >= 4 is 8.32 Å². The monoisotopic (exact) mass is 388 g/mol. The van der Waals surface area contributed by atoms with Gasteiger partial charge in [-0.2, -0.15) is 0 Å². The maximum absolute atomic E-state index is 6.51. The Morgan fingerprint density at radius 1 is 0.778 bits per heavy atom. The van der Waals surface area contributed by atoms with Crippen molar-refractivity contribution in [1.29, 1.82) is 0 Å². The van der Waals surface area contributed by atoms with Gasteiger partial charge in [-0.1, -0.05) is 42.5 Å². The van der Waals surface area contributed by atoms with E-state index in [-0.39, 0.29) is 0 Å².